The molecule has 1 atom stereocenters. The van der Waals surface area contributed by atoms with Crippen molar-refractivity contribution in [1.82, 2.24) is 19.6 Å². The SMILES string of the molecule is CN(C(=O)c1ccc(-n2ncc3ccccc32)cc1)[C@@H]1CCN(C2CCCC2)C1. The van der Waals surface area contributed by atoms with Gasteiger partial charge in [0.1, 0.15) is 0 Å². The van der Waals surface area contributed by atoms with Crippen LogP contribution < -0.4 is 0 Å². The molecular weight excluding hydrogens is 360 g/mol. The van der Waals surface area contributed by atoms with Crippen LogP contribution in [0.15, 0.2) is 54.7 Å². The fraction of sp³-hybridized carbons (Fsp3) is 0.417. The Morgan fingerprint density at radius 3 is 2.59 bits per heavy atom. The van der Waals surface area contributed by atoms with Crippen LogP contribution >= 0.6 is 0 Å². The maximum absolute atomic E-state index is 13.1. The standard InChI is InChI=1S/C24H28N4O/c1-26(22-14-15-27(17-22)20-7-3-4-8-20)24(29)18-10-12-21(13-11-18)28-23-9-5-2-6-19(23)16-25-28/h2,5-6,9-13,16,20,22H,3-4,7-8,14-15,17H2,1H3/t22-/m1/s1. The highest BCUT2D eigenvalue weighted by atomic mass is 16.2. The summed E-state index contributed by atoms with van der Waals surface area (Å²) in [7, 11) is 1.96. The maximum atomic E-state index is 13.1. The molecule has 1 saturated carbocycles. The van der Waals surface area contributed by atoms with E-state index >= 15 is 0 Å². The first-order valence-corrected chi connectivity index (χ1v) is 10.7. The molecule has 0 N–H and O–H groups in total. The molecule has 1 aliphatic carbocycles. The predicted molar refractivity (Wildman–Crippen MR) is 115 cm³/mol. The van der Waals surface area contributed by atoms with E-state index in [1.165, 1.54) is 25.7 Å². The molecule has 29 heavy (non-hydrogen) atoms. The summed E-state index contributed by atoms with van der Waals surface area (Å²) >= 11 is 0. The van der Waals surface area contributed by atoms with Crippen LogP contribution in [-0.4, -0.2) is 57.7 Å². The molecule has 2 fully saturated rings. The van der Waals surface area contributed by atoms with Crippen LogP contribution in [-0.2, 0) is 0 Å². The van der Waals surface area contributed by atoms with Crippen molar-refractivity contribution in [1.29, 1.82) is 0 Å². The van der Waals surface area contributed by atoms with Crippen LogP contribution in [0.3, 0.4) is 0 Å². The lowest BCUT2D eigenvalue weighted by Crippen LogP contribution is -2.40. The van der Waals surface area contributed by atoms with Gasteiger partial charge >= 0.3 is 0 Å². The summed E-state index contributed by atoms with van der Waals surface area (Å²) in [6, 6.07) is 17.0. The molecule has 1 aliphatic heterocycles. The third-order valence-electron chi connectivity index (χ3n) is 6.74. The highest BCUT2D eigenvalue weighted by Crippen LogP contribution is 2.28. The van der Waals surface area contributed by atoms with Gasteiger partial charge < -0.3 is 4.90 Å². The molecule has 1 saturated heterocycles. The molecular formula is C24H28N4O. The van der Waals surface area contributed by atoms with Crippen LogP contribution in [0.25, 0.3) is 16.6 Å². The molecule has 2 aliphatic rings. The third kappa shape index (κ3) is 3.44. The number of likely N-dealkylation sites (tertiary alicyclic amines) is 1. The number of para-hydroxylation sites is 1. The molecule has 1 amide bonds. The maximum Gasteiger partial charge on any atom is 0.253 e. The normalized spacial score (nSPS) is 20.5. The van der Waals surface area contributed by atoms with Crippen molar-refractivity contribution >= 4 is 16.8 Å². The number of likely N-dealkylation sites (N-methyl/N-ethyl adjacent to an activating group) is 1. The Morgan fingerprint density at radius 1 is 1.03 bits per heavy atom. The van der Waals surface area contributed by atoms with E-state index in [0.717, 1.165) is 47.7 Å². The number of carbonyl (C=O) groups is 1. The summed E-state index contributed by atoms with van der Waals surface area (Å²) in [4.78, 5) is 17.6. The van der Waals surface area contributed by atoms with E-state index in [4.69, 9.17) is 0 Å². The van der Waals surface area contributed by atoms with E-state index in [-0.39, 0.29) is 5.91 Å². The second-order valence-corrected chi connectivity index (χ2v) is 8.45. The minimum absolute atomic E-state index is 0.111. The Hall–Kier alpha value is -2.66. The van der Waals surface area contributed by atoms with Gasteiger partial charge in [-0.2, -0.15) is 5.10 Å². The van der Waals surface area contributed by atoms with Crippen molar-refractivity contribution < 1.29 is 4.79 Å². The zero-order chi connectivity index (χ0) is 19.8. The second-order valence-electron chi connectivity index (χ2n) is 8.45. The van der Waals surface area contributed by atoms with E-state index in [1.54, 1.807) is 0 Å². The molecule has 0 bridgehead atoms. The van der Waals surface area contributed by atoms with Crippen molar-refractivity contribution in [3.8, 4) is 5.69 Å². The van der Waals surface area contributed by atoms with E-state index in [1.807, 2.05) is 59.2 Å². The number of amides is 1. The summed E-state index contributed by atoms with van der Waals surface area (Å²) in [5.41, 5.74) is 2.78. The van der Waals surface area contributed by atoms with E-state index in [9.17, 15) is 4.79 Å². The van der Waals surface area contributed by atoms with Crippen LogP contribution in [0.4, 0.5) is 0 Å². The minimum Gasteiger partial charge on any atom is -0.337 e. The Morgan fingerprint density at radius 2 is 1.79 bits per heavy atom. The van der Waals surface area contributed by atoms with E-state index in [0.29, 0.717) is 6.04 Å². The van der Waals surface area contributed by atoms with Crippen LogP contribution in [0, 0.1) is 0 Å². The largest absolute Gasteiger partial charge is 0.337 e. The summed E-state index contributed by atoms with van der Waals surface area (Å²) in [6.45, 7) is 2.14. The van der Waals surface area contributed by atoms with Gasteiger partial charge in [0.05, 0.1) is 17.4 Å². The van der Waals surface area contributed by atoms with Crippen molar-refractivity contribution in [3.63, 3.8) is 0 Å². The third-order valence-corrected chi connectivity index (χ3v) is 6.74. The van der Waals surface area contributed by atoms with E-state index < -0.39 is 0 Å². The van der Waals surface area contributed by atoms with Crippen molar-refractivity contribution in [3.05, 3.63) is 60.3 Å². The highest BCUT2D eigenvalue weighted by Gasteiger charge is 2.33. The molecule has 1 aromatic heterocycles. The molecule has 0 radical (unpaired) electrons. The highest BCUT2D eigenvalue weighted by molar-refractivity contribution is 5.94. The number of rotatable bonds is 4. The molecule has 150 valence electrons. The Labute approximate surface area is 171 Å². The molecule has 5 nitrogen and oxygen atoms in total. The van der Waals surface area contributed by atoms with Gasteiger partial charge in [-0.25, -0.2) is 4.68 Å². The monoisotopic (exact) mass is 388 g/mol. The zero-order valence-corrected chi connectivity index (χ0v) is 17.0. The number of hydrogen-bond acceptors (Lipinski definition) is 3. The van der Waals surface area contributed by atoms with Crippen molar-refractivity contribution in [2.75, 3.05) is 20.1 Å². The smallest absolute Gasteiger partial charge is 0.253 e. The van der Waals surface area contributed by atoms with Gasteiger partial charge in [0, 0.05) is 43.2 Å². The first-order valence-electron chi connectivity index (χ1n) is 10.7. The van der Waals surface area contributed by atoms with Crippen LogP contribution in [0.1, 0.15) is 42.5 Å². The van der Waals surface area contributed by atoms with Crippen LogP contribution in [0.2, 0.25) is 0 Å². The minimum atomic E-state index is 0.111. The van der Waals surface area contributed by atoms with Gasteiger partial charge in [-0.1, -0.05) is 31.0 Å². The predicted octanol–water partition coefficient (Wildman–Crippen LogP) is 4.11. The van der Waals surface area contributed by atoms with Crippen LogP contribution in [0.5, 0.6) is 0 Å². The van der Waals surface area contributed by atoms with Crippen molar-refractivity contribution in [2.45, 2.75) is 44.2 Å². The lowest BCUT2D eigenvalue weighted by molar-refractivity contribution is 0.0730. The molecule has 2 aromatic carbocycles. The van der Waals surface area contributed by atoms with Gasteiger partial charge in [-0.15, -0.1) is 0 Å². The van der Waals surface area contributed by atoms with Gasteiger partial charge in [-0.05, 0) is 49.6 Å². The number of aromatic nitrogens is 2. The van der Waals surface area contributed by atoms with Gasteiger partial charge in [-0.3, -0.25) is 9.69 Å². The Balaban J connectivity index is 1.29. The lowest BCUT2D eigenvalue weighted by Gasteiger charge is -2.27. The first-order chi connectivity index (χ1) is 14.2. The number of carbonyl (C=O) groups excluding carboxylic acids is 1. The average Bonchev–Trinajstić information content (AvgIpc) is 3.53. The molecule has 5 heteroatoms. The topological polar surface area (TPSA) is 41.4 Å². The number of fused-ring (bicyclic) bond motifs is 1. The number of benzene rings is 2. The molecule has 2 heterocycles. The first kappa shape index (κ1) is 18.4. The Kier molecular flexibility index (Phi) is 4.84. The van der Waals surface area contributed by atoms with Gasteiger partial charge in [0.2, 0.25) is 0 Å². The van der Waals surface area contributed by atoms with Crippen molar-refractivity contribution in [2.24, 2.45) is 0 Å². The summed E-state index contributed by atoms with van der Waals surface area (Å²) in [5.74, 6) is 0.111. The van der Waals surface area contributed by atoms with Gasteiger partial charge in [0.15, 0.2) is 0 Å². The van der Waals surface area contributed by atoms with E-state index in [2.05, 4.69) is 22.1 Å². The number of hydrogen-bond donors (Lipinski definition) is 0. The summed E-state index contributed by atoms with van der Waals surface area (Å²) < 4.78 is 1.92. The molecule has 0 spiro atoms. The lowest BCUT2D eigenvalue weighted by atomic mass is 10.1. The molecule has 0 unspecified atom stereocenters. The zero-order valence-electron chi connectivity index (χ0n) is 17.0. The Bertz CT molecular complexity index is 1000. The average molecular weight is 389 g/mol. The molecule has 3 aromatic rings. The quantitative estimate of drug-likeness (QED) is 0.675. The fourth-order valence-electron chi connectivity index (χ4n) is 4.98. The molecule has 5 rings (SSSR count). The summed E-state index contributed by atoms with van der Waals surface area (Å²) in [5, 5.41) is 5.61. The number of nitrogens with zero attached hydrogens (tertiary/aromatic N) is 4. The fourth-order valence-corrected chi connectivity index (χ4v) is 4.98. The second kappa shape index (κ2) is 7.64. The summed E-state index contributed by atoms with van der Waals surface area (Å²) in [6.07, 6.45) is 8.33. The van der Waals surface area contributed by atoms with Gasteiger partial charge in [0.25, 0.3) is 5.91 Å².